The van der Waals surface area contributed by atoms with Gasteiger partial charge in [-0.3, -0.25) is 0 Å². The quantitative estimate of drug-likeness (QED) is 0.671. The van der Waals surface area contributed by atoms with E-state index in [1.54, 1.807) is 18.1 Å². The minimum Gasteiger partial charge on any atom is -0.315 e. The number of aromatic nitrogens is 8. The van der Waals surface area contributed by atoms with E-state index in [1.807, 2.05) is 6.33 Å². The molecule has 0 bridgehead atoms. The molecule has 0 spiro atoms. The van der Waals surface area contributed by atoms with Gasteiger partial charge < -0.3 is 4.57 Å². The van der Waals surface area contributed by atoms with Crippen molar-refractivity contribution >= 4 is 22.9 Å². The second kappa shape index (κ2) is 5.06. The molecule has 0 atom stereocenters. The van der Waals surface area contributed by atoms with Crippen LogP contribution in [-0.4, -0.2) is 39.7 Å². The third-order valence-corrected chi connectivity index (χ3v) is 4.84. The second-order valence-corrected chi connectivity index (χ2v) is 6.19. The van der Waals surface area contributed by atoms with E-state index in [0.717, 1.165) is 28.7 Å². The number of nitrogens with zero attached hydrogens (tertiary/aromatic N) is 8. The van der Waals surface area contributed by atoms with Crippen LogP contribution in [0.2, 0.25) is 0 Å². The molecule has 3 aromatic heterocycles. The lowest BCUT2D eigenvalue weighted by molar-refractivity contribution is 0.279. The average Bonchev–Trinajstić information content (AvgIpc) is 3.02. The van der Waals surface area contributed by atoms with Crippen LogP contribution in [0.3, 0.4) is 0 Å². The SMILES string of the molecule is Cn1nnnc1Sc1ncnc2c1ncn2CC1CCC1. The Balaban J connectivity index is 1.68. The largest absolute Gasteiger partial charge is 0.315 e. The molecule has 108 valence electrons. The van der Waals surface area contributed by atoms with E-state index in [2.05, 4.69) is 35.0 Å². The number of hydrogen-bond donors (Lipinski definition) is 0. The maximum absolute atomic E-state index is 4.48. The lowest BCUT2D eigenvalue weighted by Gasteiger charge is -2.25. The third kappa shape index (κ3) is 2.27. The molecule has 0 radical (unpaired) electrons. The molecule has 0 aromatic carbocycles. The van der Waals surface area contributed by atoms with Crippen LogP contribution in [0.5, 0.6) is 0 Å². The fourth-order valence-electron chi connectivity index (χ4n) is 2.42. The van der Waals surface area contributed by atoms with Gasteiger partial charge in [-0.05, 0) is 40.9 Å². The van der Waals surface area contributed by atoms with Gasteiger partial charge in [0, 0.05) is 13.6 Å². The molecule has 8 nitrogen and oxygen atoms in total. The summed E-state index contributed by atoms with van der Waals surface area (Å²) in [4.78, 5) is 13.2. The highest BCUT2D eigenvalue weighted by atomic mass is 32.2. The van der Waals surface area contributed by atoms with Crippen molar-refractivity contribution in [2.24, 2.45) is 13.0 Å². The fourth-order valence-corrected chi connectivity index (χ4v) is 3.17. The molecule has 1 aliphatic rings. The highest BCUT2D eigenvalue weighted by molar-refractivity contribution is 7.99. The summed E-state index contributed by atoms with van der Waals surface area (Å²) >= 11 is 1.40. The molecule has 0 unspecified atom stereocenters. The summed E-state index contributed by atoms with van der Waals surface area (Å²) in [5.41, 5.74) is 1.69. The minimum absolute atomic E-state index is 0.684. The van der Waals surface area contributed by atoms with Gasteiger partial charge in [0.25, 0.3) is 0 Å². The third-order valence-electron chi connectivity index (χ3n) is 3.82. The summed E-state index contributed by atoms with van der Waals surface area (Å²) < 4.78 is 3.74. The van der Waals surface area contributed by atoms with Gasteiger partial charge in [-0.15, -0.1) is 5.10 Å². The standard InChI is InChI=1S/C12H14N8S/c1-19-12(16-17-18-19)21-11-9-10(13-6-14-11)20(7-15-9)5-8-3-2-4-8/h6-8H,2-5H2,1H3. The second-order valence-electron chi connectivity index (χ2n) is 5.23. The van der Waals surface area contributed by atoms with E-state index >= 15 is 0 Å². The van der Waals surface area contributed by atoms with Crippen molar-refractivity contribution in [3.63, 3.8) is 0 Å². The van der Waals surface area contributed by atoms with Gasteiger partial charge in [-0.25, -0.2) is 19.6 Å². The van der Waals surface area contributed by atoms with Gasteiger partial charge in [0.2, 0.25) is 5.16 Å². The summed E-state index contributed by atoms with van der Waals surface area (Å²) in [5.74, 6) is 0.761. The van der Waals surface area contributed by atoms with Crippen molar-refractivity contribution in [1.29, 1.82) is 0 Å². The number of imidazole rings is 1. The lowest BCUT2D eigenvalue weighted by Crippen LogP contribution is -2.17. The van der Waals surface area contributed by atoms with Crippen LogP contribution in [0.25, 0.3) is 11.2 Å². The van der Waals surface area contributed by atoms with Crippen LogP contribution < -0.4 is 0 Å². The van der Waals surface area contributed by atoms with Gasteiger partial charge in [0.15, 0.2) is 5.65 Å². The Labute approximate surface area is 125 Å². The lowest BCUT2D eigenvalue weighted by atomic mass is 9.85. The van der Waals surface area contributed by atoms with Crippen LogP contribution in [0.4, 0.5) is 0 Å². The summed E-state index contributed by atoms with van der Waals surface area (Å²) in [6, 6.07) is 0. The summed E-state index contributed by atoms with van der Waals surface area (Å²) in [7, 11) is 1.80. The Morgan fingerprint density at radius 3 is 2.90 bits per heavy atom. The van der Waals surface area contributed by atoms with Crippen molar-refractivity contribution < 1.29 is 0 Å². The summed E-state index contributed by atoms with van der Waals surface area (Å²) in [6.07, 6.45) is 7.38. The van der Waals surface area contributed by atoms with Crippen LogP contribution >= 0.6 is 11.8 Å². The number of aryl methyl sites for hydroxylation is 1. The predicted molar refractivity (Wildman–Crippen MR) is 75.6 cm³/mol. The molecular weight excluding hydrogens is 288 g/mol. The van der Waals surface area contributed by atoms with Gasteiger partial charge in [-0.2, -0.15) is 0 Å². The molecule has 0 saturated heterocycles. The maximum atomic E-state index is 4.48. The van der Waals surface area contributed by atoms with Crippen LogP contribution in [0, 0.1) is 5.92 Å². The van der Waals surface area contributed by atoms with Crippen LogP contribution in [0.15, 0.2) is 22.8 Å². The first-order chi connectivity index (χ1) is 10.3. The molecule has 4 rings (SSSR count). The van der Waals surface area contributed by atoms with Crippen molar-refractivity contribution in [3.8, 4) is 0 Å². The van der Waals surface area contributed by atoms with Crippen molar-refractivity contribution in [2.75, 3.05) is 0 Å². The number of fused-ring (bicyclic) bond motifs is 1. The Morgan fingerprint density at radius 2 is 2.19 bits per heavy atom. The van der Waals surface area contributed by atoms with E-state index in [1.165, 1.54) is 31.0 Å². The molecule has 21 heavy (non-hydrogen) atoms. The molecule has 1 saturated carbocycles. The first-order valence-electron chi connectivity index (χ1n) is 6.87. The molecular formula is C12H14N8S. The zero-order chi connectivity index (χ0) is 14.2. The zero-order valence-corrected chi connectivity index (χ0v) is 12.4. The first kappa shape index (κ1) is 12.7. The van der Waals surface area contributed by atoms with Gasteiger partial charge in [-0.1, -0.05) is 6.42 Å². The normalized spacial score (nSPS) is 15.5. The summed E-state index contributed by atoms with van der Waals surface area (Å²) in [5, 5.41) is 12.9. The van der Waals surface area contributed by atoms with Crippen LogP contribution in [-0.2, 0) is 13.6 Å². The predicted octanol–water partition coefficient (Wildman–Crippen LogP) is 1.30. The highest BCUT2D eigenvalue weighted by Crippen LogP contribution is 2.31. The molecule has 3 heterocycles. The Kier molecular flexibility index (Phi) is 3.06. The fraction of sp³-hybridized carbons (Fsp3) is 0.500. The van der Waals surface area contributed by atoms with E-state index in [9.17, 15) is 0 Å². The number of rotatable bonds is 4. The van der Waals surface area contributed by atoms with Gasteiger partial charge in [0.1, 0.15) is 16.9 Å². The molecule has 0 N–H and O–H groups in total. The van der Waals surface area contributed by atoms with Crippen molar-refractivity contribution in [1.82, 2.24) is 39.7 Å². The molecule has 9 heteroatoms. The average molecular weight is 302 g/mol. The van der Waals surface area contributed by atoms with Crippen LogP contribution in [0.1, 0.15) is 19.3 Å². The maximum Gasteiger partial charge on any atom is 0.215 e. The molecule has 3 aromatic rings. The Hall–Kier alpha value is -2.03. The number of hydrogen-bond acceptors (Lipinski definition) is 7. The first-order valence-corrected chi connectivity index (χ1v) is 7.69. The topological polar surface area (TPSA) is 87.2 Å². The van der Waals surface area contributed by atoms with Gasteiger partial charge >= 0.3 is 0 Å². The van der Waals surface area contributed by atoms with Crippen molar-refractivity contribution in [3.05, 3.63) is 12.7 Å². The van der Waals surface area contributed by atoms with E-state index in [-0.39, 0.29) is 0 Å². The Morgan fingerprint density at radius 1 is 1.29 bits per heavy atom. The van der Waals surface area contributed by atoms with E-state index in [0.29, 0.717) is 5.16 Å². The minimum atomic E-state index is 0.684. The van der Waals surface area contributed by atoms with Gasteiger partial charge in [0.05, 0.1) is 6.33 Å². The number of tetrazole rings is 1. The molecule has 1 fully saturated rings. The van der Waals surface area contributed by atoms with E-state index < -0.39 is 0 Å². The molecule has 0 amide bonds. The molecule has 0 aliphatic heterocycles. The Bertz CT molecular complexity index is 775. The zero-order valence-electron chi connectivity index (χ0n) is 11.5. The van der Waals surface area contributed by atoms with Crippen molar-refractivity contribution in [2.45, 2.75) is 36.0 Å². The smallest absolute Gasteiger partial charge is 0.215 e. The molecule has 1 aliphatic carbocycles. The monoisotopic (exact) mass is 302 g/mol. The summed E-state index contributed by atoms with van der Waals surface area (Å²) in [6.45, 7) is 0.989. The highest BCUT2D eigenvalue weighted by Gasteiger charge is 2.20. The van der Waals surface area contributed by atoms with E-state index in [4.69, 9.17) is 0 Å².